The van der Waals surface area contributed by atoms with Crippen molar-refractivity contribution in [2.75, 3.05) is 21.3 Å². The lowest BCUT2D eigenvalue weighted by Crippen LogP contribution is -1.92. The number of hydrogen-bond donors (Lipinski definition) is 1. The van der Waals surface area contributed by atoms with Crippen LogP contribution in [-0.4, -0.2) is 31.3 Å². The third kappa shape index (κ3) is 2.90. The van der Waals surface area contributed by atoms with Crippen LogP contribution in [0.25, 0.3) is 22.5 Å². The van der Waals surface area contributed by atoms with Crippen molar-refractivity contribution in [2.45, 2.75) is 0 Å². The first-order chi connectivity index (χ1) is 11.7. The highest BCUT2D eigenvalue weighted by Gasteiger charge is 2.14. The average molecular weight is 328 g/mol. The second kappa shape index (κ2) is 6.62. The number of aromatic nitrogens is 2. The fraction of sp³-hybridized carbons (Fsp3) is 0.167. The van der Waals surface area contributed by atoms with Crippen molar-refractivity contribution in [1.82, 2.24) is 9.97 Å². The van der Waals surface area contributed by atoms with Gasteiger partial charge >= 0.3 is 0 Å². The van der Waals surface area contributed by atoms with E-state index < -0.39 is 5.82 Å². The highest BCUT2D eigenvalue weighted by Crippen LogP contribution is 2.35. The van der Waals surface area contributed by atoms with E-state index in [9.17, 15) is 4.39 Å². The number of halogens is 1. The average Bonchev–Trinajstić information content (AvgIpc) is 3.10. The van der Waals surface area contributed by atoms with Crippen LogP contribution < -0.4 is 14.2 Å². The number of rotatable bonds is 5. The maximum atomic E-state index is 14.0. The van der Waals surface area contributed by atoms with Gasteiger partial charge in [0.05, 0.1) is 39.0 Å². The first-order valence-corrected chi connectivity index (χ1v) is 7.27. The Morgan fingerprint density at radius 3 is 2.17 bits per heavy atom. The summed E-state index contributed by atoms with van der Waals surface area (Å²) < 4.78 is 29.6. The molecule has 0 spiro atoms. The summed E-state index contributed by atoms with van der Waals surface area (Å²) in [5.41, 5.74) is 2.85. The Morgan fingerprint density at radius 2 is 1.58 bits per heavy atom. The molecule has 3 aromatic rings. The Labute approximate surface area is 139 Å². The molecule has 1 aromatic heterocycles. The normalized spacial score (nSPS) is 10.5. The van der Waals surface area contributed by atoms with Gasteiger partial charge in [-0.15, -0.1) is 0 Å². The van der Waals surface area contributed by atoms with E-state index >= 15 is 0 Å². The summed E-state index contributed by atoms with van der Waals surface area (Å²) in [4.78, 5) is 7.43. The van der Waals surface area contributed by atoms with E-state index in [-0.39, 0.29) is 5.75 Å². The number of benzene rings is 2. The molecule has 124 valence electrons. The van der Waals surface area contributed by atoms with Crippen molar-refractivity contribution in [3.63, 3.8) is 0 Å². The van der Waals surface area contributed by atoms with Crippen LogP contribution in [0.1, 0.15) is 0 Å². The topological polar surface area (TPSA) is 56.4 Å². The largest absolute Gasteiger partial charge is 0.497 e. The molecule has 0 aliphatic heterocycles. The number of imidazole rings is 1. The van der Waals surface area contributed by atoms with Gasteiger partial charge < -0.3 is 19.2 Å². The van der Waals surface area contributed by atoms with E-state index in [0.717, 1.165) is 5.56 Å². The van der Waals surface area contributed by atoms with Crippen LogP contribution in [0.5, 0.6) is 17.2 Å². The molecule has 6 heteroatoms. The summed E-state index contributed by atoms with van der Waals surface area (Å²) in [5.74, 6) is 1.07. The SMILES string of the molecule is COc1cc(OC)cc(-c2nc[nH]c2-c2ccc(OC)c(F)c2)c1. The van der Waals surface area contributed by atoms with Crippen molar-refractivity contribution < 1.29 is 18.6 Å². The molecule has 0 atom stereocenters. The summed E-state index contributed by atoms with van der Waals surface area (Å²) in [6, 6.07) is 10.2. The van der Waals surface area contributed by atoms with E-state index in [1.54, 1.807) is 38.7 Å². The summed E-state index contributed by atoms with van der Waals surface area (Å²) >= 11 is 0. The van der Waals surface area contributed by atoms with Gasteiger partial charge in [-0.2, -0.15) is 0 Å². The minimum absolute atomic E-state index is 0.197. The Balaban J connectivity index is 2.10. The first kappa shape index (κ1) is 15.9. The molecule has 0 saturated heterocycles. The Morgan fingerprint density at radius 1 is 0.875 bits per heavy atom. The molecule has 5 nitrogen and oxygen atoms in total. The standard InChI is InChI=1S/C18H17FN2O3/c1-22-13-6-12(7-14(9-13)23-2)18-17(20-10-21-18)11-4-5-16(24-3)15(19)8-11/h4-10H,1-3H3,(H,20,21). The van der Waals surface area contributed by atoms with Gasteiger partial charge in [0.2, 0.25) is 0 Å². The highest BCUT2D eigenvalue weighted by molar-refractivity contribution is 5.79. The lowest BCUT2D eigenvalue weighted by atomic mass is 10.0. The zero-order chi connectivity index (χ0) is 17.1. The lowest BCUT2D eigenvalue weighted by Gasteiger charge is -2.09. The summed E-state index contributed by atoms with van der Waals surface area (Å²) in [5, 5.41) is 0. The first-order valence-electron chi connectivity index (χ1n) is 7.27. The van der Waals surface area contributed by atoms with E-state index in [4.69, 9.17) is 14.2 Å². The molecule has 24 heavy (non-hydrogen) atoms. The second-order valence-electron chi connectivity index (χ2n) is 5.08. The Bertz CT molecular complexity index is 839. The van der Waals surface area contributed by atoms with Gasteiger partial charge in [0, 0.05) is 17.2 Å². The minimum Gasteiger partial charge on any atom is -0.497 e. The van der Waals surface area contributed by atoms with Crippen LogP contribution in [0.3, 0.4) is 0 Å². The molecule has 1 N–H and O–H groups in total. The minimum atomic E-state index is -0.432. The van der Waals surface area contributed by atoms with Gasteiger partial charge in [0.1, 0.15) is 11.5 Å². The summed E-state index contributed by atoms with van der Waals surface area (Å²) in [7, 11) is 4.61. The Kier molecular flexibility index (Phi) is 4.37. The molecule has 3 rings (SSSR count). The van der Waals surface area contributed by atoms with Crippen LogP contribution in [0.15, 0.2) is 42.7 Å². The monoisotopic (exact) mass is 328 g/mol. The number of nitrogens with zero attached hydrogens (tertiary/aromatic N) is 1. The molecule has 1 heterocycles. The number of aromatic amines is 1. The zero-order valence-electron chi connectivity index (χ0n) is 13.6. The molecular formula is C18H17FN2O3. The molecule has 0 amide bonds. The molecule has 0 saturated carbocycles. The number of hydrogen-bond acceptors (Lipinski definition) is 4. The zero-order valence-corrected chi connectivity index (χ0v) is 13.6. The van der Waals surface area contributed by atoms with Crippen molar-refractivity contribution in [3.8, 4) is 39.8 Å². The number of H-pyrrole nitrogens is 1. The maximum Gasteiger partial charge on any atom is 0.165 e. The van der Waals surface area contributed by atoms with Crippen LogP contribution in [-0.2, 0) is 0 Å². The van der Waals surface area contributed by atoms with Gasteiger partial charge in [-0.05, 0) is 30.3 Å². The van der Waals surface area contributed by atoms with Gasteiger partial charge in [0.25, 0.3) is 0 Å². The lowest BCUT2D eigenvalue weighted by molar-refractivity contribution is 0.386. The maximum absolute atomic E-state index is 14.0. The van der Waals surface area contributed by atoms with E-state index in [1.165, 1.54) is 13.2 Å². The highest BCUT2D eigenvalue weighted by atomic mass is 19.1. The predicted octanol–water partition coefficient (Wildman–Crippen LogP) is 3.91. The molecule has 2 aromatic carbocycles. The molecular weight excluding hydrogens is 311 g/mol. The smallest absolute Gasteiger partial charge is 0.165 e. The molecule has 0 unspecified atom stereocenters. The fourth-order valence-corrected chi connectivity index (χ4v) is 2.50. The number of ether oxygens (including phenoxy) is 3. The van der Waals surface area contributed by atoms with Crippen LogP contribution in [0.4, 0.5) is 4.39 Å². The summed E-state index contributed by atoms with van der Waals surface area (Å²) in [6.45, 7) is 0. The van der Waals surface area contributed by atoms with Crippen molar-refractivity contribution in [2.24, 2.45) is 0 Å². The molecule has 0 bridgehead atoms. The van der Waals surface area contributed by atoms with E-state index in [0.29, 0.717) is 28.5 Å². The molecule has 0 fully saturated rings. The second-order valence-corrected chi connectivity index (χ2v) is 5.08. The molecule has 0 radical (unpaired) electrons. The van der Waals surface area contributed by atoms with E-state index in [2.05, 4.69) is 9.97 Å². The van der Waals surface area contributed by atoms with Crippen molar-refractivity contribution >= 4 is 0 Å². The third-order valence-corrected chi connectivity index (χ3v) is 3.70. The summed E-state index contributed by atoms with van der Waals surface area (Å²) in [6.07, 6.45) is 1.57. The number of nitrogens with one attached hydrogen (secondary N) is 1. The quantitative estimate of drug-likeness (QED) is 0.771. The van der Waals surface area contributed by atoms with Crippen LogP contribution in [0.2, 0.25) is 0 Å². The van der Waals surface area contributed by atoms with Crippen LogP contribution in [0, 0.1) is 5.82 Å². The van der Waals surface area contributed by atoms with Gasteiger partial charge in [0.15, 0.2) is 11.6 Å². The van der Waals surface area contributed by atoms with Crippen LogP contribution >= 0.6 is 0 Å². The van der Waals surface area contributed by atoms with Crippen molar-refractivity contribution in [3.05, 3.63) is 48.5 Å². The van der Waals surface area contributed by atoms with Crippen molar-refractivity contribution in [1.29, 1.82) is 0 Å². The number of methoxy groups -OCH3 is 3. The Hall–Kier alpha value is -3.02. The van der Waals surface area contributed by atoms with Gasteiger partial charge in [-0.1, -0.05) is 0 Å². The van der Waals surface area contributed by atoms with Gasteiger partial charge in [-0.25, -0.2) is 9.37 Å². The fourth-order valence-electron chi connectivity index (χ4n) is 2.50. The molecule has 0 aliphatic carbocycles. The molecule has 0 aliphatic rings. The van der Waals surface area contributed by atoms with E-state index in [1.807, 2.05) is 12.1 Å². The predicted molar refractivity (Wildman–Crippen MR) is 89.1 cm³/mol. The van der Waals surface area contributed by atoms with Gasteiger partial charge in [-0.3, -0.25) is 0 Å². The third-order valence-electron chi connectivity index (χ3n) is 3.70.